The van der Waals surface area contributed by atoms with Crippen molar-refractivity contribution in [3.05, 3.63) is 23.8 Å². The maximum absolute atomic E-state index is 12.2. The number of benzene rings is 1. The number of morpholine rings is 1. The summed E-state index contributed by atoms with van der Waals surface area (Å²) in [6.07, 6.45) is -0.0441. The molecule has 0 radical (unpaired) electrons. The fraction of sp³-hybridized carbons (Fsp3) is 0.529. The van der Waals surface area contributed by atoms with Gasteiger partial charge >= 0.3 is 5.97 Å². The van der Waals surface area contributed by atoms with Crippen LogP contribution in [-0.4, -0.2) is 61.9 Å². The Labute approximate surface area is 140 Å². The smallest absolute Gasteiger partial charge is 0.338 e. The quantitative estimate of drug-likeness (QED) is 0.774. The van der Waals surface area contributed by atoms with Crippen LogP contribution in [0, 0.1) is 0 Å². The highest BCUT2D eigenvalue weighted by atomic mass is 16.6. The van der Waals surface area contributed by atoms with Gasteiger partial charge in [-0.25, -0.2) is 4.79 Å². The van der Waals surface area contributed by atoms with Gasteiger partial charge in [0.05, 0.1) is 17.8 Å². The summed E-state index contributed by atoms with van der Waals surface area (Å²) in [5.41, 5.74) is 0.329. The van der Waals surface area contributed by atoms with Crippen molar-refractivity contribution in [2.45, 2.75) is 26.1 Å². The first kappa shape index (κ1) is 16.6. The lowest BCUT2D eigenvalue weighted by Crippen LogP contribution is -2.49. The molecular weight excluding hydrogens is 314 g/mol. The van der Waals surface area contributed by atoms with E-state index in [4.69, 9.17) is 18.9 Å². The number of carbonyl (C=O) groups excluding carboxylic acids is 2. The monoisotopic (exact) mass is 335 g/mol. The lowest BCUT2D eigenvalue weighted by molar-refractivity contribution is -0.146. The normalized spacial score (nSPS) is 22.8. The maximum atomic E-state index is 12.2. The van der Waals surface area contributed by atoms with Gasteiger partial charge in [0, 0.05) is 13.1 Å². The van der Waals surface area contributed by atoms with E-state index >= 15 is 0 Å². The van der Waals surface area contributed by atoms with Crippen molar-refractivity contribution >= 4 is 11.9 Å². The van der Waals surface area contributed by atoms with Crippen molar-refractivity contribution in [1.29, 1.82) is 0 Å². The molecule has 0 spiro atoms. The van der Waals surface area contributed by atoms with Crippen LogP contribution in [0.25, 0.3) is 0 Å². The van der Waals surface area contributed by atoms with E-state index < -0.39 is 5.97 Å². The van der Waals surface area contributed by atoms with E-state index in [-0.39, 0.29) is 24.7 Å². The Morgan fingerprint density at radius 1 is 1.12 bits per heavy atom. The minimum absolute atomic E-state index is 0.0220. The van der Waals surface area contributed by atoms with Crippen molar-refractivity contribution in [3.63, 3.8) is 0 Å². The van der Waals surface area contributed by atoms with Gasteiger partial charge in [-0.3, -0.25) is 4.79 Å². The number of rotatable bonds is 3. The number of hydrogen-bond donors (Lipinski definition) is 0. The predicted octanol–water partition coefficient (Wildman–Crippen LogP) is 1.25. The average molecular weight is 335 g/mol. The zero-order valence-electron chi connectivity index (χ0n) is 13.8. The summed E-state index contributed by atoms with van der Waals surface area (Å²) in [5.74, 6) is 0.334. The summed E-state index contributed by atoms with van der Waals surface area (Å²) in [6, 6.07) is 4.83. The fourth-order valence-corrected chi connectivity index (χ4v) is 2.85. The molecule has 0 bridgehead atoms. The summed E-state index contributed by atoms with van der Waals surface area (Å²) in [5, 5.41) is 0. The summed E-state index contributed by atoms with van der Waals surface area (Å²) >= 11 is 0. The van der Waals surface area contributed by atoms with Crippen LogP contribution < -0.4 is 9.47 Å². The van der Waals surface area contributed by atoms with Gasteiger partial charge in [-0.1, -0.05) is 0 Å². The molecule has 2 heterocycles. The van der Waals surface area contributed by atoms with Gasteiger partial charge in [-0.15, -0.1) is 0 Å². The highest BCUT2D eigenvalue weighted by Gasteiger charge is 2.26. The second kappa shape index (κ2) is 7.09. The largest absolute Gasteiger partial charge is 0.486 e. The van der Waals surface area contributed by atoms with Crippen LogP contribution in [0.1, 0.15) is 24.2 Å². The highest BCUT2D eigenvalue weighted by molar-refractivity contribution is 5.92. The minimum atomic E-state index is -0.560. The van der Waals surface area contributed by atoms with Crippen molar-refractivity contribution in [2.24, 2.45) is 0 Å². The van der Waals surface area contributed by atoms with E-state index in [1.54, 1.807) is 23.1 Å². The molecule has 0 aliphatic carbocycles. The molecule has 130 valence electrons. The number of fused-ring (bicyclic) bond motifs is 1. The molecule has 1 amide bonds. The average Bonchev–Trinajstić information content (AvgIpc) is 2.58. The molecule has 1 saturated heterocycles. The maximum Gasteiger partial charge on any atom is 0.338 e. The first-order valence-electron chi connectivity index (χ1n) is 8.03. The molecule has 0 aromatic heterocycles. The zero-order valence-corrected chi connectivity index (χ0v) is 13.8. The predicted molar refractivity (Wildman–Crippen MR) is 84.3 cm³/mol. The zero-order chi connectivity index (χ0) is 17.1. The van der Waals surface area contributed by atoms with Gasteiger partial charge in [0.2, 0.25) is 0 Å². The summed E-state index contributed by atoms with van der Waals surface area (Å²) in [7, 11) is 0. The molecule has 24 heavy (non-hydrogen) atoms. The Morgan fingerprint density at radius 3 is 2.50 bits per heavy atom. The van der Waals surface area contributed by atoms with Gasteiger partial charge < -0.3 is 23.8 Å². The van der Waals surface area contributed by atoms with Crippen LogP contribution in [-0.2, 0) is 14.3 Å². The topological polar surface area (TPSA) is 74.3 Å². The highest BCUT2D eigenvalue weighted by Crippen LogP contribution is 2.30. The first-order chi connectivity index (χ1) is 11.5. The van der Waals surface area contributed by atoms with Gasteiger partial charge in [-0.05, 0) is 32.0 Å². The molecule has 0 unspecified atom stereocenters. The van der Waals surface area contributed by atoms with Gasteiger partial charge in [0.25, 0.3) is 5.91 Å². The Hall–Kier alpha value is -2.28. The summed E-state index contributed by atoms with van der Waals surface area (Å²) < 4.78 is 21.6. The Morgan fingerprint density at radius 2 is 1.79 bits per heavy atom. The molecule has 0 N–H and O–H groups in total. The molecule has 7 nitrogen and oxygen atoms in total. The second-order valence-corrected chi connectivity index (χ2v) is 5.99. The lowest BCUT2D eigenvalue weighted by atomic mass is 10.2. The molecule has 1 aromatic rings. The molecule has 3 rings (SSSR count). The number of carbonyl (C=O) groups is 2. The number of amides is 1. The third-order valence-electron chi connectivity index (χ3n) is 3.88. The summed E-state index contributed by atoms with van der Waals surface area (Å²) in [4.78, 5) is 26.0. The van der Waals surface area contributed by atoms with Gasteiger partial charge in [-0.2, -0.15) is 0 Å². The van der Waals surface area contributed by atoms with Crippen molar-refractivity contribution < 1.29 is 28.5 Å². The Bertz CT molecular complexity index is 622. The molecule has 7 heteroatoms. The van der Waals surface area contributed by atoms with Crippen molar-refractivity contribution in [2.75, 3.05) is 32.9 Å². The summed E-state index contributed by atoms with van der Waals surface area (Å²) in [6.45, 7) is 5.48. The SMILES string of the molecule is C[C@@H]1CN(C(=O)COC(=O)c2ccc3c(c2)OCCO3)C[C@H](C)O1. The Kier molecular flexibility index (Phi) is 4.89. The van der Waals surface area contributed by atoms with Crippen molar-refractivity contribution in [1.82, 2.24) is 4.90 Å². The second-order valence-electron chi connectivity index (χ2n) is 5.99. The van der Waals surface area contributed by atoms with E-state index in [2.05, 4.69) is 0 Å². The molecule has 0 saturated carbocycles. The molecule has 2 atom stereocenters. The fourth-order valence-electron chi connectivity index (χ4n) is 2.85. The molecule has 1 aromatic carbocycles. The van der Waals surface area contributed by atoms with Crippen molar-refractivity contribution in [3.8, 4) is 11.5 Å². The molecule has 2 aliphatic heterocycles. The third-order valence-corrected chi connectivity index (χ3v) is 3.88. The minimum Gasteiger partial charge on any atom is -0.486 e. The standard InChI is InChI=1S/C17H21NO6/c1-11-8-18(9-12(2)24-11)16(19)10-23-17(20)13-3-4-14-15(7-13)22-6-5-21-14/h3-4,7,11-12H,5-6,8-10H2,1-2H3/t11-,12+. The molecule has 2 aliphatic rings. The van der Waals surface area contributed by atoms with Crippen LogP contribution in [0.5, 0.6) is 11.5 Å². The van der Waals surface area contributed by atoms with Crippen LogP contribution in [0.3, 0.4) is 0 Å². The number of ether oxygens (including phenoxy) is 4. The van der Waals surface area contributed by atoms with Crippen LogP contribution >= 0.6 is 0 Å². The number of hydrogen-bond acceptors (Lipinski definition) is 6. The first-order valence-corrected chi connectivity index (χ1v) is 8.03. The molecular formula is C17H21NO6. The van der Waals surface area contributed by atoms with E-state index in [0.29, 0.717) is 43.4 Å². The third kappa shape index (κ3) is 3.79. The molecule has 1 fully saturated rings. The number of nitrogens with zero attached hydrogens (tertiary/aromatic N) is 1. The van der Waals surface area contributed by atoms with Gasteiger partial charge in [0.1, 0.15) is 13.2 Å². The van der Waals surface area contributed by atoms with E-state index in [1.807, 2.05) is 13.8 Å². The number of esters is 1. The van der Waals surface area contributed by atoms with Crippen LogP contribution in [0.15, 0.2) is 18.2 Å². The van der Waals surface area contributed by atoms with Crippen LogP contribution in [0.4, 0.5) is 0 Å². The Balaban J connectivity index is 1.56. The lowest BCUT2D eigenvalue weighted by Gasteiger charge is -2.35. The van der Waals surface area contributed by atoms with Crippen LogP contribution in [0.2, 0.25) is 0 Å². The van der Waals surface area contributed by atoms with E-state index in [0.717, 1.165) is 0 Å². The van der Waals surface area contributed by atoms with Gasteiger partial charge in [0.15, 0.2) is 18.1 Å². The van der Waals surface area contributed by atoms with E-state index in [9.17, 15) is 9.59 Å². The van der Waals surface area contributed by atoms with E-state index in [1.165, 1.54) is 0 Å².